The summed E-state index contributed by atoms with van der Waals surface area (Å²) in [5, 5.41) is 6.86. The van der Waals surface area contributed by atoms with Crippen LogP contribution in [0, 0.1) is 0 Å². The molecule has 0 aliphatic carbocycles. The summed E-state index contributed by atoms with van der Waals surface area (Å²) >= 11 is 6.33. The van der Waals surface area contributed by atoms with Crippen LogP contribution in [0.5, 0.6) is 5.75 Å². The first kappa shape index (κ1) is 26.7. The van der Waals surface area contributed by atoms with Crippen molar-refractivity contribution in [2.45, 2.75) is 37.5 Å². The minimum atomic E-state index is -3.79. The van der Waals surface area contributed by atoms with Crippen LogP contribution >= 0.6 is 11.6 Å². The number of halogens is 1. The third kappa shape index (κ3) is 5.91. The number of aromatic nitrogens is 2. The molecule has 1 aromatic heterocycles. The first-order valence-corrected chi connectivity index (χ1v) is 14.3. The Hall–Kier alpha value is -3.89. The van der Waals surface area contributed by atoms with Gasteiger partial charge in [0.1, 0.15) is 5.75 Å². The van der Waals surface area contributed by atoms with Crippen molar-refractivity contribution in [2.24, 2.45) is 0 Å². The van der Waals surface area contributed by atoms with Crippen molar-refractivity contribution in [1.29, 1.82) is 0 Å². The molecule has 3 aromatic carbocycles. The van der Waals surface area contributed by atoms with E-state index in [4.69, 9.17) is 20.9 Å². The molecular formula is C28H27ClN4O5S. The highest BCUT2D eigenvalue weighted by atomic mass is 35.5. The molecule has 9 nitrogen and oxygen atoms in total. The van der Waals surface area contributed by atoms with Gasteiger partial charge in [0.05, 0.1) is 15.6 Å². The Morgan fingerprint density at radius 1 is 1.13 bits per heavy atom. The molecule has 1 N–H and O–H groups in total. The number of hydrogen-bond donors (Lipinski definition) is 1. The molecular weight excluding hydrogens is 540 g/mol. The number of carbonyl (C=O) groups is 1. The summed E-state index contributed by atoms with van der Waals surface area (Å²) in [4.78, 5) is 16.9. The van der Waals surface area contributed by atoms with E-state index >= 15 is 0 Å². The van der Waals surface area contributed by atoms with Gasteiger partial charge in [-0.1, -0.05) is 60.9 Å². The molecule has 2 heterocycles. The lowest BCUT2D eigenvalue weighted by Gasteiger charge is -2.20. The minimum absolute atomic E-state index is 0.0577. The number of benzene rings is 3. The first-order chi connectivity index (χ1) is 18.7. The highest BCUT2D eigenvalue weighted by Gasteiger charge is 2.31. The minimum Gasteiger partial charge on any atom is -0.482 e. The van der Waals surface area contributed by atoms with E-state index in [1.807, 2.05) is 44.2 Å². The molecule has 0 bridgehead atoms. The van der Waals surface area contributed by atoms with Gasteiger partial charge in [0, 0.05) is 24.6 Å². The zero-order valence-electron chi connectivity index (χ0n) is 21.4. The number of nitrogens with one attached hydrogen (secondary N) is 1. The summed E-state index contributed by atoms with van der Waals surface area (Å²) in [6.07, 6.45) is 1.17. The molecule has 0 spiro atoms. The fourth-order valence-corrected chi connectivity index (χ4v) is 6.08. The third-order valence-electron chi connectivity index (χ3n) is 6.27. The number of hydrogen-bond acceptors (Lipinski definition) is 7. The van der Waals surface area contributed by atoms with Gasteiger partial charge in [-0.3, -0.25) is 9.10 Å². The molecule has 5 rings (SSSR count). The quantitative estimate of drug-likeness (QED) is 0.296. The van der Waals surface area contributed by atoms with E-state index in [0.29, 0.717) is 42.5 Å². The maximum absolute atomic E-state index is 13.2. The van der Waals surface area contributed by atoms with Gasteiger partial charge in [-0.25, -0.2) is 8.42 Å². The van der Waals surface area contributed by atoms with Crippen molar-refractivity contribution in [1.82, 2.24) is 10.1 Å². The van der Waals surface area contributed by atoms with Crippen molar-refractivity contribution >= 4 is 38.9 Å². The lowest BCUT2D eigenvalue weighted by atomic mass is 10.1. The average Bonchev–Trinajstić information content (AvgIpc) is 3.57. The molecule has 0 atom stereocenters. The monoisotopic (exact) mass is 566 g/mol. The zero-order valence-corrected chi connectivity index (χ0v) is 23.0. The van der Waals surface area contributed by atoms with Gasteiger partial charge >= 0.3 is 0 Å². The van der Waals surface area contributed by atoms with Crippen molar-refractivity contribution in [3.05, 3.63) is 94.6 Å². The summed E-state index contributed by atoms with van der Waals surface area (Å²) in [5.41, 5.74) is 3.23. The Bertz CT molecular complexity index is 1600. The van der Waals surface area contributed by atoms with Gasteiger partial charge in [0.15, 0.2) is 12.4 Å². The molecule has 4 aromatic rings. The van der Waals surface area contributed by atoms with Crippen LogP contribution in [0.25, 0.3) is 0 Å². The molecule has 1 aliphatic rings. The van der Waals surface area contributed by atoms with Crippen molar-refractivity contribution < 1.29 is 22.5 Å². The number of nitrogens with zero attached hydrogens (tertiary/aromatic N) is 3. The van der Waals surface area contributed by atoms with Crippen molar-refractivity contribution in [3.63, 3.8) is 0 Å². The van der Waals surface area contributed by atoms with Crippen LogP contribution < -0.4 is 14.4 Å². The van der Waals surface area contributed by atoms with E-state index in [-0.39, 0.29) is 34.1 Å². The van der Waals surface area contributed by atoms with Gasteiger partial charge < -0.3 is 14.6 Å². The van der Waals surface area contributed by atoms with Crippen molar-refractivity contribution in [2.75, 3.05) is 22.8 Å². The third-order valence-corrected chi connectivity index (χ3v) is 8.38. The van der Waals surface area contributed by atoms with Crippen molar-refractivity contribution in [3.8, 4) is 5.75 Å². The zero-order chi connectivity index (χ0) is 27.6. The second-order valence-electron chi connectivity index (χ2n) is 9.46. The van der Waals surface area contributed by atoms with Crippen LogP contribution in [0.15, 0.2) is 76.1 Å². The van der Waals surface area contributed by atoms with E-state index in [1.54, 1.807) is 18.2 Å². The van der Waals surface area contributed by atoms with Crippen LogP contribution in [-0.4, -0.2) is 37.6 Å². The Balaban J connectivity index is 1.17. The second-order valence-corrected chi connectivity index (χ2v) is 11.7. The highest BCUT2D eigenvalue weighted by Crippen LogP contribution is 2.35. The van der Waals surface area contributed by atoms with E-state index in [2.05, 4.69) is 15.5 Å². The molecule has 39 heavy (non-hydrogen) atoms. The molecule has 0 saturated heterocycles. The number of carbonyl (C=O) groups excluding carboxylic acids is 1. The standard InChI is InChI=1S/C28H27ClN4O5S/c1-18(2)28-31-26(32-38-28)15-19-7-9-21(10-8-19)30-27(34)17-37-25-12-11-22(16-23(25)29)39(35,36)33-14-13-20-5-3-4-6-24(20)33/h3-12,16,18H,13-15,17H2,1-2H3,(H,30,34). The van der Waals surface area contributed by atoms with Gasteiger partial charge in [-0.05, 0) is 53.9 Å². The maximum Gasteiger partial charge on any atom is 0.264 e. The fourth-order valence-electron chi connectivity index (χ4n) is 4.25. The van der Waals surface area contributed by atoms with E-state index in [0.717, 1.165) is 11.1 Å². The fraction of sp³-hybridized carbons (Fsp3) is 0.250. The Kier molecular flexibility index (Phi) is 7.58. The summed E-state index contributed by atoms with van der Waals surface area (Å²) < 4.78 is 38.7. The molecule has 1 aliphatic heterocycles. The van der Waals surface area contributed by atoms with E-state index in [1.165, 1.54) is 22.5 Å². The SMILES string of the molecule is CC(C)c1nc(Cc2ccc(NC(=O)COc3ccc(S(=O)(=O)N4CCc5ccccc54)cc3Cl)cc2)no1. The Morgan fingerprint density at radius 2 is 1.90 bits per heavy atom. The van der Waals surface area contributed by atoms with E-state index < -0.39 is 10.0 Å². The van der Waals surface area contributed by atoms with Crippen LogP contribution in [0.1, 0.15) is 42.6 Å². The predicted molar refractivity (Wildman–Crippen MR) is 148 cm³/mol. The largest absolute Gasteiger partial charge is 0.482 e. The number of amides is 1. The van der Waals surface area contributed by atoms with Crippen LogP contribution in [-0.2, 0) is 27.7 Å². The number of rotatable bonds is 9. The number of fused-ring (bicyclic) bond motifs is 1. The van der Waals surface area contributed by atoms with E-state index in [9.17, 15) is 13.2 Å². The second kappa shape index (κ2) is 11.1. The summed E-state index contributed by atoms with van der Waals surface area (Å²) in [6, 6.07) is 19.0. The molecule has 1 amide bonds. The molecule has 11 heteroatoms. The smallest absolute Gasteiger partial charge is 0.264 e. The lowest BCUT2D eigenvalue weighted by molar-refractivity contribution is -0.118. The van der Waals surface area contributed by atoms with Gasteiger partial charge in [-0.15, -0.1) is 0 Å². The predicted octanol–water partition coefficient (Wildman–Crippen LogP) is 5.21. The maximum atomic E-state index is 13.2. The highest BCUT2D eigenvalue weighted by molar-refractivity contribution is 7.92. The Morgan fingerprint density at radius 3 is 2.62 bits per heavy atom. The molecule has 202 valence electrons. The number of para-hydroxylation sites is 1. The number of anilines is 2. The number of sulfonamides is 1. The molecule has 0 fully saturated rings. The molecule has 0 radical (unpaired) electrons. The summed E-state index contributed by atoms with van der Waals surface area (Å²) in [7, 11) is -3.79. The topological polar surface area (TPSA) is 115 Å². The summed E-state index contributed by atoms with van der Waals surface area (Å²) in [6.45, 7) is 4.05. The number of ether oxygens (including phenoxy) is 1. The Labute approximate surface area is 231 Å². The normalized spacial score (nSPS) is 13.0. The first-order valence-electron chi connectivity index (χ1n) is 12.4. The summed E-state index contributed by atoms with van der Waals surface area (Å²) in [5.74, 6) is 1.19. The van der Waals surface area contributed by atoms with Gasteiger partial charge in [0.2, 0.25) is 5.89 Å². The van der Waals surface area contributed by atoms with Crippen LogP contribution in [0.4, 0.5) is 11.4 Å². The lowest BCUT2D eigenvalue weighted by Crippen LogP contribution is -2.29. The van der Waals surface area contributed by atoms with Gasteiger partial charge in [-0.2, -0.15) is 4.98 Å². The van der Waals surface area contributed by atoms with Gasteiger partial charge in [0.25, 0.3) is 15.9 Å². The molecule has 0 unspecified atom stereocenters. The molecule has 0 saturated carbocycles. The average molecular weight is 567 g/mol. The van der Waals surface area contributed by atoms with Crippen LogP contribution in [0.3, 0.4) is 0 Å². The van der Waals surface area contributed by atoms with Crippen LogP contribution in [0.2, 0.25) is 5.02 Å².